The van der Waals surface area contributed by atoms with Crippen LogP contribution in [0.4, 0.5) is 10.1 Å². The average molecular weight is 483 g/mol. The zero-order chi connectivity index (χ0) is 27.0. The van der Waals surface area contributed by atoms with E-state index in [1.165, 1.54) is 6.07 Å². The minimum absolute atomic E-state index is 0.0386. The summed E-state index contributed by atoms with van der Waals surface area (Å²) < 4.78 is 70.8. The van der Waals surface area contributed by atoms with E-state index in [4.69, 9.17) is 13.6 Å². The number of aromatic nitrogens is 1. The Kier molecular flexibility index (Phi) is 5.56. The molecule has 0 unspecified atom stereocenters. The number of anilines is 1. The number of nitrogens with one attached hydrogen (secondary N) is 1. The molecule has 12 heteroatoms. The molecule has 0 aliphatic carbocycles. The van der Waals surface area contributed by atoms with Gasteiger partial charge in [-0.05, 0) is 31.2 Å². The van der Waals surface area contributed by atoms with Gasteiger partial charge in [-0.1, -0.05) is 0 Å². The molecule has 1 aliphatic rings. The third-order valence-corrected chi connectivity index (χ3v) is 5.57. The Balaban J connectivity index is 2.15. The fraction of sp³-hybridized carbons (Fsp3) is 0.333. The van der Waals surface area contributed by atoms with Crippen molar-refractivity contribution in [3.63, 3.8) is 0 Å². The third-order valence-electron chi connectivity index (χ3n) is 4.65. The molecule has 0 saturated heterocycles. The Morgan fingerprint density at radius 2 is 2.03 bits per heavy atom. The number of halogens is 1. The first-order chi connectivity index (χ1) is 16.6. The van der Waals surface area contributed by atoms with Crippen LogP contribution in [0.25, 0.3) is 0 Å². The topological polar surface area (TPSA) is 132 Å². The first-order valence-electron chi connectivity index (χ1n) is 11.1. The van der Waals surface area contributed by atoms with Gasteiger partial charge < -0.3 is 14.8 Å². The summed E-state index contributed by atoms with van der Waals surface area (Å²) in [4.78, 5) is 42.9. The molecule has 0 bridgehead atoms. The van der Waals surface area contributed by atoms with E-state index < -0.39 is 52.2 Å². The lowest BCUT2D eigenvalue weighted by Crippen LogP contribution is -2.38. The number of nitrogens with zero attached hydrogens (tertiary/aromatic N) is 2. The Morgan fingerprint density at radius 3 is 2.64 bits per heavy atom. The van der Waals surface area contributed by atoms with Crippen LogP contribution in [-0.4, -0.2) is 61.7 Å². The molecule has 0 fully saturated rings. The van der Waals surface area contributed by atoms with Crippen molar-refractivity contribution in [1.29, 1.82) is 0 Å². The largest absolute Gasteiger partial charge is 0.491 e. The normalized spacial score (nSPS) is 15.9. The maximum atomic E-state index is 14.2. The lowest BCUT2D eigenvalue weighted by molar-refractivity contribution is -0.114. The van der Waals surface area contributed by atoms with E-state index in [2.05, 4.69) is 10.3 Å². The van der Waals surface area contributed by atoms with Gasteiger partial charge >= 0.3 is 0 Å². The van der Waals surface area contributed by atoms with Crippen LogP contribution < -0.4 is 14.8 Å². The van der Waals surface area contributed by atoms with Gasteiger partial charge in [-0.2, -0.15) is 0 Å². The Hall–Kier alpha value is -3.54. The molecule has 3 rings (SSSR count). The number of ether oxygens (including phenoxy) is 2. The summed E-state index contributed by atoms with van der Waals surface area (Å²) in [5, 5.41) is 2.30. The zero-order valence-corrected chi connectivity index (χ0v) is 18.7. The summed E-state index contributed by atoms with van der Waals surface area (Å²) in [6.07, 6.45) is 0.885. The molecule has 176 valence electrons. The number of imide groups is 1. The summed E-state index contributed by atoms with van der Waals surface area (Å²) >= 11 is 0. The molecular formula is C21H22FN3O7S. The van der Waals surface area contributed by atoms with Crippen LogP contribution in [0.3, 0.4) is 0 Å². The number of rotatable bonds is 8. The van der Waals surface area contributed by atoms with Gasteiger partial charge in [0.15, 0.2) is 5.75 Å². The smallest absolute Gasteiger partial charge is 0.264 e. The number of pyridine rings is 1. The van der Waals surface area contributed by atoms with E-state index in [-0.39, 0.29) is 40.7 Å². The molecule has 33 heavy (non-hydrogen) atoms. The molecule has 1 atom stereocenters. The quantitative estimate of drug-likeness (QED) is 0.565. The van der Waals surface area contributed by atoms with Crippen LogP contribution in [0.5, 0.6) is 11.6 Å². The van der Waals surface area contributed by atoms with Crippen molar-refractivity contribution in [3.05, 3.63) is 46.9 Å². The molecule has 1 aliphatic heterocycles. The Morgan fingerprint density at radius 1 is 1.30 bits per heavy atom. The van der Waals surface area contributed by atoms with Crippen molar-refractivity contribution in [1.82, 2.24) is 9.88 Å². The van der Waals surface area contributed by atoms with Crippen LogP contribution >= 0.6 is 0 Å². The van der Waals surface area contributed by atoms with Crippen LogP contribution in [-0.2, 0) is 14.6 Å². The fourth-order valence-electron chi connectivity index (χ4n) is 3.44. The Labute approximate surface area is 193 Å². The monoisotopic (exact) mass is 482 g/mol. The second-order valence-corrected chi connectivity index (χ2v) is 9.40. The number of fused-ring (bicyclic) bond motifs is 1. The summed E-state index contributed by atoms with van der Waals surface area (Å²) in [5.41, 5.74) is -1.05. The minimum Gasteiger partial charge on any atom is -0.491 e. The van der Waals surface area contributed by atoms with Crippen molar-refractivity contribution in [3.8, 4) is 11.6 Å². The van der Waals surface area contributed by atoms with E-state index in [1.807, 2.05) is 0 Å². The number of carbonyl (C=O) groups is 3. The van der Waals surface area contributed by atoms with Crippen molar-refractivity contribution in [2.45, 2.75) is 19.9 Å². The fourth-order valence-corrected chi connectivity index (χ4v) is 4.34. The van der Waals surface area contributed by atoms with Gasteiger partial charge in [-0.25, -0.2) is 17.8 Å². The molecule has 3 amide bonds. The molecule has 2 heterocycles. The first-order valence-corrected chi connectivity index (χ1v) is 11.7. The van der Waals surface area contributed by atoms with Gasteiger partial charge in [0.05, 0.1) is 52.1 Å². The van der Waals surface area contributed by atoms with Crippen LogP contribution in [0.1, 0.15) is 50.4 Å². The average Bonchev–Trinajstić information content (AvgIpc) is 2.95. The van der Waals surface area contributed by atoms with Crippen molar-refractivity contribution < 1.29 is 40.8 Å². The molecule has 10 nitrogen and oxygen atoms in total. The summed E-state index contributed by atoms with van der Waals surface area (Å²) in [7, 11) is -6.68. The predicted octanol–water partition coefficient (Wildman–Crippen LogP) is 1.97. The van der Waals surface area contributed by atoms with E-state index in [0.29, 0.717) is 4.90 Å². The second-order valence-electron chi connectivity index (χ2n) is 7.22. The summed E-state index contributed by atoms with van der Waals surface area (Å²) in [6.45, 7) is 2.76. The highest BCUT2D eigenvalue weighted by molar-refractivity contribution is 7.90. The molecule has 0 spiro atoms. The van der Waals surface area contributed by atoms with Crippen molar-refractivity contribution in [2.24, 2.45) is 0 Å². The molecule has 1 aromatic heterocycles. The predicted molar refractivity (Wildman–Crippen MR) is 116 cm³/mol. The summed E-state index contributed by atoms with van der Waals surface area (Å²) in [6, 6.07) is 2.53. The number of hydrogen-bond donors (Lipinski definition) is 1. The highest BCUT2D eigenvalue weighted by atomic mass is 32.2. The number of methoxy groups -OCH3 is 1. The number of benzene rings is 1. The number of carbonyl (C=O) groups excluding carboxylic acids is 3. The lowest BCUT2D eigenvalue weighted by Gasteiger charge is -2.26. The second kappa shape index (κ2) is 9.14. The molecule has 1 aromatic carbocycles. The number of amides is 3. The van der Waals surface area contributed by atoms with Gasteiger partial charge in [0.2, 0.25) is 5.91 Å². The first kappa shape index (κ1) is 20.1. The van der Waals surface area contributed by atoms with Crippen LogP contribution in [0, 0.1) is 5.82 Å². The van der Waals surface area contributed by atoms with E-state index in [9.17, 15) is 27.2 Å². The molecule has 2 aromatic rings. The Bertz CT molecular complexity index is 1350. The van der Waals surface area contributed by atoms with Gasteiger partial charge in [0.25, 0.3) is 17.7 Å². The van der Waals surface area contributed by atoms with E-state index >= 15 is 0 Å². The molecular weight excluding hydrogens is 457 g/mol. The maximum Gasteiger partial charge on any atom is 0.264 e. The third kappa shape index (κ3) is 4.95. The number of sulfone groups is 1. The van der Waals surface area contributed by atoms with Gasteiger partial charge in [0, 0.05) is 13.2 Å². The zero-order valence-electron chi connectivity index (χ0n) is 20.8. The maximum absolute atomic E-state index is 14.2. The van der Waals surface area contributed by atoms with Crippen LogP contribution in [0.2, 0.25) is 0 Å². The standard InChI is InChI=1S/C21H22FN3O7S/c1-5-32-19-17(31-3)7-6-14(24-19)16(10-33(4,29)30)25-20(27)13-8-12(22)9-15(23-11(2)26)18(13)21(25)28/h6-9,16H,5,10H2,1-4H3,(H,23,26)/t16-/m1/s1/i3D3. The van der Waals surface area contributed by atoms with Gasteiger partial charge in [0.1, 0.15) is 15.7 Å². The highest BCUT2D eigenvalue weighted by Gasteiger charge is 2.44. The molecule has 0 saturated carbocycles. The molecule has 1 N–H and O–H groups in total. The van der Waals surface area contributed by atoms with E-state index in [1.54, 1.807) is 6.92 Å². The van der Waals surface area contributed by atoms with Gasteiger partial charge in [-0.3, -0.25) is 19.3 Å². The van der Waals surface area contributed by atoms with E-state index in [0.717, 1.165) is 31.4 Å². The van der Waals surface area contributed by atoms with Crippen molar-refractivity contribution in [2.75, 3.05) is 31.0 Å². The minimum atomic E-state index is -3.84. The van der Waals surface area contributed by atoms with Gasteiger partial charge in [-0.15, -0.1) is 0 Å². The van der Waals surface area contributed by atoms with Crippen LogP contribution in [0.15, 0.2) is 24.3 Å². The lowest BCUT2D eigenvalue weighted by atomic mass is 10.1. The molecule has 0 radical (unpaired) electrons. The number of hydrogen-bond acceptors (Lipinski definition) is 8. The summed E-state index contributed by atoms with van der Waals surface area (Å²) in [5.74, 6) is -4.83. The van der Waals surface area contributed by atoms with Crippen molar-refractivity contribution >= 4 is 33.2 Å². The SMILES string of the molecule is [2H]C([2H])([2H])Oc1ccc([C@@H](CS(C)(=O)=O)N2C(=O)c3cc(F)cc(NC(C)=O)c3C2=O)nc1OCC. The highest BCUT2D eigenvalue weighted by Crippen LogP contribution is 2.37.